The molecule has 0 spiro atoms. The van der Waals surface area contributed by atoms with Crippen LogP contribution in [-0.4, -0.2) is 16.6 Å². The zero-order valence-electron chi connectivity index (χ0n) is 13.5. The molecule has 0 fully saturated rings. The number of anilines is 1. The average Bonchev–Trinajstić information content (AvgIpc) is 2.59. The molecule has 0 radical (unpaired) electrons. The summed E-state index contributed by atoms with van der Waals surface area (Å²) in [5, 5.41) is 13.2. The molecule has 6 heteroatoms. The van der Waals surface area contributed by atoms with Gasteiger partial charge < -0.3 is 5.32 Å². The second-order valence-corrected chi connectivity index (χ2v) is 5.16. The molecule has 2 aromatic rings. The number of carbonyl (C=O) groups is 2. The number of allylic oxidation sites excluding steroid dienone is 2. The molecule has 0 aromatic heterocycles. The van der Waals surface area contributed by atoms with Crippen molar-refractivity contribution in [2.24, 2.45) is 0 Å². The molecule has 0 bridgehead atoms. The molecule has 1 N–H and O–H groups in total. The lowest BCUT2D eigenvalue weighted by atomic mass is 10.1. The molecule has 6 nitrogen and oxygen atoms in total. The number of carbonyl (C=O) groups excluding carboxylic acids is 2. The van der Waals surface area contributed by atoms with E-state index in [2.05, 4.69) is 5.32 Å². The molecule has 0 heterocycles. The molecule has 0 atom stereocenters. The first-order valence-electron chi connectivity index (χ1n) is 7.47. The predicted octanol–water partition coefficient (Wildman–Crippen LogP) is 3.76. The number of Topliss-reactive ketones (excluding diaryl/α,β-unsaturated/α-hetero) is 1. The van der Waals surface area contributed by atoms with Crippen LogP contribution < -0.4 is 5.32 Å². The van der Waals surface area contributed by atoms with Gasteiger partial charge in [-0.1, -0.05) is 42.5 Å². The summed E-state index contributed by atoms with van der Waals surface area (Å²) in [5.74, 6) is -0.948. The molecule has 0 aliphatic rings. The lowest BCUT2D eigenvalue weighted by molar-refractivity contribution is -0.384. The topological polar surface area (TPSA) is 89.3 Å². The van der Waals surface area contributed by atoms with Gasteiger partial charge in [0.25, 0.3) is 11.6 Å². The maximum absolute atomic E-state index is 12.2. The Kier molecular flexibility index (Phi) is 5.95. The highest BCUT2D eigenvalue weighted by atomic mass is 16.6. The predicted molar refractivity (Wildman–Crippen MR) is 96.0 cm³/mol. The third kappa shape index (κ3) is 5.24. The number of amides is 1. The van der Waals surface area contributed by atoms with E-state index in [-0.39, 0.29) is 17.0 Å². The third-order valence-electron chi connectivity index (χ3n) is 3.31. The Bertz CT molecular complexity index is 837. The van der Waals surface area contributed by atoms with E-state index in [0.717, 1.165) is 5.56 Å². The maximum atomic E-state index is 12.2. The van der Waals surface area contributed by atoms with Gasteiger partial charge in [-0.2, -0.15) is 0 Å². The van der Waals surface area contributed by atoms with E-state index in [1.807, 2.05) is 30.3 Å². The Labute approximate surface area is 144 Å². The summed E-state index contributed by atoms with van der Waals surface area (Å²) in [6.45, 7) is 1.30. The molecular formula is C19H16N2O4. The van der Waals surface area contributed by atoms with Crippen molar-refractivity contribution in [1.82, 2.24) is 0 Å². The fourth-order valence-corrected chi connectivity index (χ4v) is 2.04. The van der Waals surface area contributed by atoms with Crippen LogP contribution in [0.15, 0.2) is 72.3 Å². The van der Waals surface area contributed by atoms with E-state index in [1.54, 1.807) is 12.2 Å². The summed E-state index contributed by atoms with van der Waals surface area (Å²) < 4.78 is 0. The second kappa shape index (κ2) is 8.35. The van der Waals surface area contributed by atoms with Crippen molar-refractivity contribution in [3.63, 3.8) is 0 Å². The van der Waals surface area contributed by atoms with E-state index in [0.29, 0.717) is 5.69 Å². The molecule has 0 aliphatic carbocycles. The van der Waals surface area contributed by atoms with Crippen molar-refractivity contribution >= 4 is 29.1 Å². The van der Waals surface area contributed by atoms with Gasteiger partial charge >= 0.3 is 0 Å². The van der Waals surface area contributed by atoms with Crippen LogP contribution in [0.1, 0.15) is 12.5 Å². The van der Waals surface area contributed by atoms with E-state index in [4.69, 9.17) is 0 Å². The molecule has 0 saturated carbocycles. The zero-order valence-corrected chi connectivity index (χ0v) is 13.5. The molecule has 1 amide bonds. The normalized spacial score (nSPS) is 11.3. The Morgan fingerprint density at radius 3 is 2.24 bits per heavy atom. The third-order valence-corrected chi connectivity index (χ3v) is 3.31. The van der Waals surface area contributed by atoms with Crippen molar-refractivity contribution in [1.29, 1.82) is 0 Å². The van der Waals surface area contributed by atoms with Crippen LogP contribution in [0.3, 0.4) is 0 Å². The minimum atomic E-state index is -0.570. The second-order valence-electron chi connectivity index (χ2n) is 5.16. The number of hydrogen-bond donors (Lipinski definition) is 1. The van der Waals surface area contributed by atoms with Gasteiger partial charge in [-0.05, 0) is 30.7 Å². The van der Waals surface area contributed by atoms with Crippen molar-refractivity contribution in [3.05, 3.63) is 88.0 Å². The summed E-state index contributed by atoms with van der Waals surface area (Å²) in [6, 6.07) is 14.8. The molecule has 0 saturated heterocycles. The number of non-ortho nitro benzene ring substituents is 1. The minimum absolute atomic E-state index is 0.00876. The van der Waals surface area contributed by atoms with Gasteiger partial charge in [0.05, 0.1) is 10.5 Å². The lowest BCUT2D eigenvalue weighted by Crippen LogP contribution is -2.18. The summed E-state index contributed by atoms with van der Waals surface area (Å²) in [4.78, 5) is 34.1. The van der Waals surface area contributed by atoms with Crippen LogP contribution in [0.25, 0.3) is 6.08 Å². The quantitative estimate of drug-likeness (QED) is 0.217. The highest BCUT2D eigenvalue weighted by Gasteiger charge is 2.14. The number of benzene rings is 2. The van der Waals surface area contributed by atoms with Crippen LogP contribution in [-0.2, 0) is 9.59 Å². The summed E-state index contributed by atoms with van der Waals surface area (Å²) in [5.41, 5.74) is 1.23. The standard InChI is InChI=1S/C19H16N2O4/c1-14(22)18(9-5-8-15-6-3-2-4-7-15)19(23)20-16-10-12-17(13-11-16)21(24)25/h2-13H,1H3,(H,20,23)/b8-5+,18-9+. The van der Waals surface area contributed by atoms with Crippen LogP contribution >= 0.6 is 0 Å². The maximum Gasteiger partial charge on any atom is 0.269 e. The molecule has 25 heavy (non-hydrogen) atoms. The Morgan fingerprint density at radius 1 is 1.04 bits per heavy atom. The van der Waals surface area contributed by atoms with E-state index in [9.17, 15) is 19.7 Å². The van der Waals surface area contributed by atoms with E-state index >= 15 is 0 Å². The highest BCUT2D eigenvalue weighted by Crippen LogP contribution is 2.16. The van der Waals surface area contributed by atoms with Crippen LogP contribution in [0, 0.1) is 10.1 Å². The molecular weight excluding hydrogens is 320 g/mol. The van der Waals surface area contributed by atoms with Gasteiger partial charge in [-0.25, -0.2) is 0 Å². The first-order chi connectivity index (χ1) is 12.0. The van der Waals surface area contributed by atoms with Gasteiger partial charge in [-0.3, -0.25) is 19.7 Å². The molecule has 2 aromatic carbocycles. The van der Waals surface area contributed by atoms with Gasteiger partial charge in [0.2, 0.25) is 0 Å². The summed E-state index contributed by atoms with van der Waals surface area (Å²) in [7, 11) is 0. The van der Waals surface area contributed by atoms with Crippen molar-refractivity contribution < 1.29 is 14.5 Å². The van der Waals surface area contributed by atoms with Gasteiger partial charge in [0.1, 0.15) is 0 Å². The number of hydrogen-bond acceptors (Lipinski definition) is 4. The van der Waals surface area contributed by atoms with Crippen LogP contribution in [0.2, 0.25) is 0 Å². The fourth-order valence-electron chi connectivity index (χ4n) is 2.04. The Morgan fingerprint density at radius 2 is 1.68 bits per heavy atom. The Balaban J connectivity index is 2.12. The van der Waals surface area contributed by atoms with Crippen molar-refractivity contribution in [3.8, 4) is 0 Å². The SMILES string of the molecule is CC(=O)/C(=C\C=C\c1ccccc1)C(=O)Nc1ccc([N+](=O)[O-])cc1. The highest BCUT2D eigenvalue weighted by molar-refractivity contribution is 6.23. The largest absolute Gasteiger partial charge is 0.322 e. The monoisotopic (exact) mass is 336 g/mol. The number of rotatable bonds is 6. The van der Waals surface area contributed by atoms with Crippen molar-refractivity contribution in [2.45, 2.75) is 6.92 Å². The number of ketones is 1. The zero-order chi connectivity index (χ0) is 18.2. The minimum Gasteiger partial charge on any atom is -0.322 e. The van der Waals surface area contributed by atoms with Gasteiger partial charge in [-0.15, -0.1) is 0 Å². The first-order valence-corrected chi connectivity index (χ1v) is 7.47. The number of nitrogens with zero attached hydrogens (tertiary/aromatic N) is 1. The average molecular weight is 336 g/mol. The number of nitro benzene ring substituents is 1. The number of nitro groups is 1. The van der Waals surface area contributed by atoms with Crippen LogP contribution in [0.5, 0.6) is 0 Å². The molecule has 0 unspecified atom stereocenters. The molecule has 0 aliphatic heterocycles. The van der Waals surface area contributed by atoms with E-state index in [1.165, 1.54) is 37.3 Å². The van der Waals surface area contributed by atoms with Crippen molar-refractivity contribution in [2.75, 3.05) is 5.32 Å². The molecule has 2 rings (SSSR count). The summed E-state index contributed by atoms with van der Waals surface area (Å²) in [6.07, 6.45) is 4.85. The lowest BCUT2D eigenvalue weighted by Gasteiger charge is -2.06. The smallest absolute Gasteiger partial charge is 0.269 e. The fraction of sp³-hybridized carbons (Fsp3) is 0.0526. The van der Waals surface area contributed by atoms with Crippen LogP contribution in [0.4, 0.5) is 11.4 Å². The Hall–Kier alpha value is -3.54. The number of nitrogens with one attached hydrogen (secondary N) is 1. The summed E-state index contributed by atoms with van der Waals surface area (Å²) >= 11 is 0. The first kappa shape index (κ1) is 17.8. The van der Waals surface area contributed by atoms with Gasteiger partial charge in [0.15, 0.2) is 5.78 Å². The van der Waals surface area contributed by atoms with Gasteiger partial charge in [0, 0.05) is 17.8 Å². The van der Waals surface area contributed by atoms with E-state index < -0.39 is 10.8 Å². The molecule has 126 valence electrons.